The van der Waals surface area contributed by atoms with Gasteiger partial charge >= 0.3 is 6.18 Å². The molecule has 0 radical (unpaired) electrons. The van der Waals surface area contributed by atoms with Gasteiger partial charge in [0.15, 0.2) is 0 Å². The Labute approximate surface area is 157 Å². The molecular weight excluding hydrogens is 376 g/mol. The summed E-state index contributed by atoms with van der Waals surface area (Å²) in [6, 6.07) is 5.29. The summed E-state index contributed by atoms with van der Waals surface area (Å²) in [4.78, 5) is 19.8. The van der Waals surface area contributed by atoms with Gasteiger partial charge in [-0.3, -0.25) is 0 Å². The Bertz CT molecular complexity index is 1010. The van der Waals surface area contributed by atoms with Crippen molar-refractivity contribution in [2.75, 3.05) is 36.0 Å². The van der Waals surface area contributed by atoms with Crippen molar-refractivity contribution in [2.24, 2.45) is 0 Å². The van der Waals surface area contributed by atoms with E-state index in [4.69, 9.17) is 0 Å². The predicted octanol–water partition coefficient (Wildman–Crippen LogP) is 3.21. The lowest BCUT2D eigenvalue weighted by molar-refractivity contribution is -0.141. The number of piperazine rings is 1. The number of rotatable bonds is 2. The van der Waals surface area contributed by atoms with E-state index in [-0.39, 0.29) is 17.5 Å². The number of alkyl halides is 3. The highest BCUT2D eigenvalue weighted by atomic mass is 19.4. The third-order valence-electron chi connectivity index (χ3n) is 4.59. The molecule has 0 aliphatic carbocycles. The van der Waals surface area contributed by atoms with Crippen LogP contribution in [0.2, 0.25) is 0 Å². The van der Waals surface area contributed by atoms with Crippen molar-refractivity contribution in [1.82, 2.24) is 19.9 Å². The molecule has 2 aromatic heterocycles. The quantitative estimate of drug-likeness (QED) is 0.625. The van der Waals surface area contributed by atoms with Crippen molar-refractivity contribution >= 4 is 22.5 Å². The van der Waals surface area contributed by atoms with Gasteiger partial charge in [0.1, 0.15) is 35.3 Å². The van der Waals surface area contributed by atoms with Crippen molar-refractivity contribution in [3.63, 3.8) is 0 Å². The first-order valence-electron chi connectivity index (χ1n) is 8.64. The zero-order valence-corrected chi connectivity index (χ0v) is 14.9. The second-order valence-electron chi connectivity index (χ2n) is 6.49. The average molecular weight is 392 g/mol. The molecule has 1 aromatic carbocycles. The lowest BCUT2D eigenvalue weighted by Crippen LogP contribution is -2.47. The van der Waals surface area contributed by atoms with Gasteiger partial charge in [0.25, 0.3) is 0 Å². The number of benzene rings is 1. The highest BCUT2D eigenvalue weighted by Gasteiger charge is 2.34. The van der Waals surface area contributed by atoms with Crippen LogP contribution in [-0.2, 0) is 6.18 Å². The van der Waals surface area contributed by atoms with E-state index >= 15 is 0 Å². The van der Waals surface area contributed by atoms with E-state index in [1.807, 2.05) is 4.90 Å². The van der Waals surface area contributed by atoms with Crippen LogP contribution in [0.25, 0.3) is 10.9 Å². The molecule has 146 valence electrons. The molecule has 0 amide bonds. The van der Waals surface area contributed by atoms with E-state index in [0.717, 1.165) is 6.07 Å². The third-order valence-corrected chi connectivity index (χ3v) is 4.59. The monoisotopic (exact) mass is 392 g/mol. The number of hydrogen-bond acceptors (Lipinski definition) is 6. The van der Waals surface area contributed by atoms with Crippen molar-refractivity contribution in [1.29, 1.82) is 0 Å². The molecule has 3 heterocycles. The van der Waals surface area contributed by atoms with Gasteiger partial charge in [0.2, 0.25) is 0 Å². The molecule has 0 atom stereocenters. The Balaban J connectivity index is 1.56. The summed E-state index contributed by atoms with van der Waals surface area (Å²) in [5.41, 5.74) is -0.315. The highest BCUT2D eigenvalue weighted by molar-refractivity contribution is 5.89. The Morgan fingerprint density at radius 1 is 0.929 bits per heavy atom. The third kappa shape index (κ3) is 3.54. The smallest absolute Gasteiger partial charge is 0.353 e. The molecule has 3 aromatic rings. The van der Waals surface area contributed by atoms with Crippen LogP contribution in [-0.4, -0.2) is 46.1 Å². The number of aryl methyl sites for hydroxylation is 1. The van der Waals surface area contributed by atoms with E-state index in [2.05, 4.69) is 19.9 Å². The topological polar surface area (TPSA) is 58.0 Å². The van der Waals surface area contributed by atoms with Crippen LogP contribution in [0.1, 0.15) is 11.5 Å². The van der Waals surface area contributed by atoms with Gasteiger partial charge in [-0.1, -0.05) is 0 Å². The largest absolute Gasteiger partial charge is 0.433 e. The molecular formula is C18H16F4N6. The number of halogens is 4. The number of hydrogen-bond donors (Lipinski definition) is 0. The summed E-state index contributed by atoms with van der Waals surface area (Å²) in [5, 5.41) is 0.605. The molecule has 0 saturated carbocycles. The van der Waals surface area contributed by atoms with Crippen molar-refractivity contribution in [2.45, 2.75) is 13.1 Å². The van der Waals surface area contributed by atoms with Crippen LogP contribution in [0.15, 0.2) is 30.6 Å². The lowest BCUT2D eigenvalue weighted by atomic mass is 10.2. The van der Waals surface area contributed by atoms with Crippen LogP contribution in [0.3, 0.4) is 0 Å². The van der Waals surface area contributed by atoms with Gasteiger partial charge in [-0.05, 0) is 25.1 Å². The molecule has 10 heteroatoms. The summed E-state index contributed by atoms with van der Waals surface area (Å²) in [6.07, 6.45) is -3.10. The maximum Gasteiger partial charge on any atom is 0.433 e. The van der Waals surface area contributed by atoms with E-state index in [1.165, 1.54) is 25.4 Å². The minimum absolute atomic E-state index is 0.0736. The zero-order chi connectivity index (χ0) is 19.9. The van der Waals surface area contributed by atoms with Gasteiger partial charge in [-0.15, -0.1) is 0 Å². The van der Waals surface area contributed by atoms with Gasteiger partial charge in [0, 0.05) is 37.6 Å². The minimum Gasteiger partial charge on any atom is -0.353 e. The first-order chi connectivity index (χ1) is 13.3. The van der Waals surface area contributed by atoms with E-state index in [0.29, 0.717) is 42.9 Å². The van der Waals surface area contributed by atoms with Gasteiger partial charge < -0.3 is 9.80 Å². The molecule has 1 aliphatic rings. The van der Waals surface area contributed by atoms with Gasteiger partial charge in [0.05, 0.1) is 5.52 Å². The van der Waals surface area contributed by atoms with Crippen molar-refractivity contribution in [3.8, 4) is 0 Å². The summed E-state index contributed by atoms with van der Waals surface area (Å²) in [6.45, 7) is 3.36. The van der Waals surface area contributed by atoms with Crippen LogP contribution in [0, 0.1) is 12.7 Å². The van der Waals surface area contributed by atoms with Gasteiger partial charge in [-0.25, -0.2) is 24.3 Å². The standard InChI is InChI=1S/C18H16F4N6/c1-11-25-15(18(20,21)22)9-16(26-11)27-4-6-28(7-5-27)17-13-8-12(19)2-3-14(13)23-10-24-17/h2-3,8-10H,4-7H2,1H3. The SMILES string of the molecule is Cc1nc(N2CCN(c3ncnc4ccc(F)cc34)CC2)cc(C(F)(F)F)n1. The zero-order valence-electron chi connectivity index (χ0n) is 14.9. The molecule has 1 saturated heterocycles. The van der Waals surface area contributed by atoms with E-state index < -0.39 is 11.9 Å². The fraction of sp³-hybridized carbons (Fsp3) is 0.333. The lowest BCUT2D eigenvalue weighted by Gasteiger charge is -2.36. The fourth-order valence-electron chi connectivity index (χ4n) is 3.27. The fourth-order valence-corrected chi connectivity index (χ4v) is 3.27. The predicted molar refractivity (Wildman–Crippen MR) is 95.7 cm³/mol. The van der Waals surface area contributed by atoms with Crippen LogP contribution >= 0.6 is 0 Å². The highest BCUT2D eigenvalue weighted by Crippen LogP contribution is 2.30. The molecule has 28 heavy (non-hydrogen) atoms. The Hall–Kier alpha value is -3.04. The average Bonchev–Trinajstić information content (AvgIpc) is 2.66. The van der Waals surface area contributed by atoms with Gasteiger partial charge in [-0.2, -0.15) is 13.2 Å². The molecule has 4 rings (SSSR count). The number of aromatic nitrogens is 4. The maximum atomic E-state index is 13.7. The molecule has 0 N–H and O–H groups in total. The number of nitrogens with zero attached hydrogens (tertiary/aromatic N) is 6. The minimum atomic E-state index is -4.52. The summed E-state index contributed by atoms with van der Waals surface area (Å²) < 4.78 is 52.7. The van der Waals surface area contributed by atoms with Crippen LogP contribution in [0.5, 0.6) is 0 Å². The number of anilines is 2. The Morgan fingerprint density at radius 3 is 2.36 bits per heavy atom. The normalized spacial score (nSPS) is 15.3. The molecule has 0 spiro atoms. The van der Waals surface area contributed by atoms with E-state index in [1.54, 1.807) is 11.0 Å². The van der Waals surface area contributed by atoms with Crippen LogP contribution in [0.4, 0.5) is 29.2 Å². The molecule has 0 bridgehead atoms. The first-order valence-corrected chi connectivity index (χ1v) is 8.64. The van der Waals surface area contributed by atoms with E-state index in [9.17, 15) is 17.6 Å². The van der Waals surface area contributed by atoms with Crippen LogP contribution < -0.4 is 9.80 Å². The summed E-state index contributed by atoms with van der Waals surface area (Å²) in [5.74, 6) is 0.555. The second-order valence-corrected chi connectivity index (χ2v) is 6.49. The van der Waals surface area contributed by atoms with Crippen molar-refractivity contribution in [3.05, 3.63) is 47.9 Å². The second kappa shape index (κ2) is 6.84. The Morgan fingerprint density at radius 2 is 1.64 bits per heavy atom. The number of fused-ring (bicyclic) bond motifs is 1. The maximum absolute atomic E-state index is 13.7. The van der Waals surface area contributed by atoms with Crippen molar-refractivity contribution < 1.29 is 17.6 Å². The summed E-state index contributed by atoms with van der Waals surface area (Å²) >= 11 is 0. The molecule has 1 fully saturated rings. The summed E-state index contributed by atoms with van der Waals surface area (Å²) in [7, 11) is 0. The Kier molecular flexibility index (Phi) is 4.48. The first kappa shape index (κ1) is 18.3. The molecule has 1 aliphatic heterocycles. The molecule has 0 unspecified atom stereocenters. The molecule has 6 nitrogen and oxygen atoms in total.